The number of rotatable bonds is 4. The van der Waals surface area contributed by atoms with Gasteiger partial charge in [-0.05, 0) is 33.6 Å². The Morgan fingerprint density at radius 1 is 1.20 bits per heavy atom. The third kappa shape index (κ3) is 3.97. The summed E-state index contributed by atoms with van der Waals surface area (Å²) in [5, 5.41) is 20.3. The molecule has 3 rings (SSSR count). The molecule has 2 N–H and O–H groups in total. The van der Waals surface area contributed by atoms with Crippen molar-refractivity contribution in [3.8, 4) is 17.3 Å². The maximum Gasteiger partial charge on any atom is 0.231 e. The predicted octanol–water partition coefficient (Wildman–Crippen LogP) is 2.66. The fraction of sp³-hybridized carbons (Fsp3) is 0.118. The maximum atomic E-state index is 8.27. The fourth-order valence-corrected chi connectivity index (χ4v) is 2.48. The molecule has 8 heteroatoms. The Bertz CT molecular complexity index is 967. The zero-order valence-electron chi connectivity index (χ0n) is 13.4. The third-order valence-corrected chi connectivity index (χ3v) is 3.86. The van der Waals surface area contributed by atoms with Gasteiger partial charge in [0, 0.05) is 30.4 Å². The molecule has 0 saturated heterocycles. The minimum absolute atomic E-state index is 0.123. The van der Waals surface area contributed by atoms with Gasteiger partial charge in [0.15, 0.2) is 5.82 Å². The van der Waals surface area contributed by atoms with Crippen LogP contribution >= 0.6 is 15.9 Å². The van der Waals surface area contributed by atoms with Gasteiger partial charge in [-0.15, -0.1) is 5.10 Å². The smallest absolute Gasteiger partial charge is 0.231 e. The first-order chi connectivity index (χ1) is 12.1. The van der Waals surface area contributed by atoms with E-state index in [-0.39, 0.29) is 11.3 Å². The molecule has 0 aliphatic heterocycles. The number of hydrogen-bond donors (Lipinski definition) is 2. The first-order valence-electron chi connectivity index (χ1n) is 7.40. The quantitative estimate of drug-likeness (QED) is 0.520. The first-order valence-corrected chi connectivity index (χ1v) is 8.20. The van der Waals surface area contributed by atoms with E-state index in [0.717, 1.165) is 15.6 Å². The molecule has 1 aromatic carbocycles. The normalized spacial score (nSPS) is 10.5. The highest BCUT2D eigenvalue weighted by Gasteiger charge is 2.08. The van der Waals surface area contributed by atoms with E-state index in [1.54, 1.807) is 24.5 Å². The van der Waals surface area contributed by atoms with E-state index in [9.17, 15) is 0 Å². The van der Waals surface area contributed by atoms with Gasteiger partial charge in [-0.25, -0.2) is 9.97 Å². The van der Waals surface area contributed by atoms with Gasteiger partial charge in [0.1, 0.15) is 11.3 Å². The van der Waals surface area contributed by atoms with Crippen molar-refractivity contribution in [2.75, 3.05) is 7.11 Å². The standard InChI is InChI=1S/C17H15BrN6O/c1-25-16-6-5-14(19)24(23-16)15(20)8-11-3-2-4-12(7-11)17-21-9-13(18)10-22-17/h2-7,9-10,19-20H,8H2,1H3. The predicted molar refractivity (Wildman–Crippen MR) is 96.6 cm³/mol. The molecule has 0 bridgehead atoms. The molecule has 25 heavy (non-hydrogen) atoms. The molecule has 0 aliphatic carbocycles. The van der Waals surface area contributed by atoms with Gasteiger partial charge in [-0.1, -0.05) is 18.2 Å². The minimum Gasteiger partial charge on any atom is -0.480 e. The zero-order valence-corrected chi connectivity index (χ0v) is 15.0. The van der Waals surface area contributed by atoms with Crippen molar-refractivity contribution in [1.29, 1.82) is 10.8 Å². The van der Waals surface area contributed by atoms with Crippen LogP contribution in [0.1, 0.15) is 5.56 Å². The molecule has 0 radical (unpaired) electrons. The molecular formula is C17H15BrN6O. The minimum atomic E-state index is 0.123. The van der Waals surface area contributed by atoms with Crippen LogP contribution in [0.5, 0.6) is 5.88 Å². The lowest BCUT2D eigenvalue weighted by atomic mass is 10.1. The Labute approximate surface area is 152 Å². The number of aromatic nitrogens is 4. The average Bonchev–Trinajstić information content (AvgIpc) is 2.63. The molecule has 0 atom stereocenters. The summed E-state index contributed by atoms with van der Waals surface area (Å²) in [4.78, 5) is 8.58. The van der Waals surface area contributed by atoms with Crippen LogP contribution < -0.4 is 10.2 Å². The average molecular weight is 399 g/mol. The van der Waals surface area contributed by atoms with Crippen molar-refractivity contribution < 1.29 is 4.74 Å². The molecule has 0 unspecified atom stereocenters. The van der Waals surface area contributed by atoms with E-state index in [2.05, 4.69) is 31.0 Å². The molecule has 3 aromatic rings. The SMILES string of the molecule is COc1ccc(=N)n(C(=N)Cc2cccc(-c3ncc(Br)cn3)c2)n1. The van der Waals surface area contributed by atoms with E-state index < -0.39 is 0 Å². The van der Waals surface area contributed by atoms with Crippen molar-refractivity contribution in [2.24, 2.45) is 0 Å². The number of methoxy groups -OCH3 is 1. The summed E-state index contributed by atoms with van der Waals surface area (Å²) in [6.45, 7) is 0. The second-order valence-corrected chi connectivity index (χ2v) is 6.14. The van der Waals surface area contributed by atoms with Gasteiger partial charge in [0.05, 0.1) is 11.6 Å². The van der Waals surface area contributed by atoms with Crippen molar-refractivity contribution in [3.63, 3.8) is 0 Å². The Morgan fingerprint density at radius 2 is 1.96 bits per heavy atom. The summed E-state index contributed by atoms with van der Waals surface area (Å²) in [5.74, 6) is 1.15. The largest absolute Gasteiger partial charge is 0.480 e. The van der Waals surface area contributed by atoms with E-state index in [1.165, 1.54) is 11.8 Å². The Kier molecular flexibility index (Phi) is 4.99. The summed E-state index contributed by atoms with van der Waals surface area (Å²) >= 11 is 3.32. The lowest BCUT2D eigenvalue weighted by Crippen LogP contribution is -2.30. The monoisotopic (exact) mass is 398 g/mol. The van der Waals surface area contributed by atoms with E-state index >= 15 is 0 Å². The Morgan fingerprint density at radius 3 is 2.68 bits per heavy atom. The lowest BCUT2D eigenvalue weighted by Gasteiger charge is -2.09. The topological polar surface area (TPSA) is 101 Å². The summed E-state index contributed by atoms with van der Waals surface area (Å²) in [5.41, 5.74) is 1.90. The third-order valence-electron chi connectivity index (χ3n) is 3.45. The molecule has 0 aliphatic rings. The number of benzene rings is 1. The molecule has 126 valence electrons. The van der Waals surface area contributed by atoms with Gasteiger partial charge in [0.25, 0.3) is 0 Å². The maximum absolute atomic E-state index is 8.27. The molecule has 2 heterocycles. The van der Waals surface area contributed by atoms with E-state index in [4.69, 9.17) is 15.6 Å². The van der Waals surface area contributed by atoms with Crippen LogP contribution in [0.4, 0.5) is 0 Å². The van der Waals surface area contributed by atoms with Gasteiger partial charge in [-0.2, -0.15) is 4.68 Å². The highest BCUT2D eigenvalue weighted by Crippen LogP contribution is 2.18. The molecule has 0 spiro atoms. The zero-order chi connectivity index (χ0) is 17.8. The molecule has 0 fully saturated rings. The molecule has 2 aromatic heterocycles. The highest BCUT2D eigenvalue weighted by atomic mass is 79.9. The van der Waals surface area contributed by atoms with Crippen LogP contribution in [0.15, 0.2) is 53.3 Å². The number of nitrogens with one attached hydrogen (secondary N) is 2. The van der Waals surface area contributed by atoms with Crippen molar-refractivity contribution >= 4 is 21.8 Å². The molecule has 0 saturated carbocycles. The number of ether oxygens (including phenoxy) is 1. The van der Waals surface area contributed by atoms with Crippen molar-refractivity contribution in [2.45, 2.75) is 6.42 Å². The van der Waals surface area contributed by atoms with Gasteiger partial charge < -0.3 is 4.74 Å². The first kappa shape index (κ1) is 17.0. The van der Waals surface area contributed by atoms with Gasteiger partial charge in [-0.3, -0.25) is 10.8 Å². The van der Waals surface area contributed by atoms with Gasteiger partial charge in [0.2, 0.25) is 5.88 Å². The highest BCUT2D eigenvalue weighted by molar-refractivity contribution is 9.10. The number of halogens is 1. The van der Waals surface area contributed by atoms with Crippen LogP contribution in [0.2, 0.25) is 0 Å². The fourth-order valence-electron chi connectivity index (χ4n) is 2.27. The van der Waals surface area contributed by atoms with Crippen molar-refractivity contribution in [3.05, 3.63) is 64.3 Å². The van der Waals surface area contributed by atoms with Crippen molar-refractivity contribution in [1.82, 2.24) is 19.7 Å². The Balaban J connectivity index is 1.86. The van der Waals surface area contributed by atoms with Crippen LogP contribution in [0.3, 0.4) is 0 Å². The van der Waals surface area contributed by atoms with E-state index in [1.807, 2.05) is 24.3 Å². The molecular weight excluding hydrogens is 384 g/mol. The number of nitrogens with zero attached hydrogens (tertiary/aromatic N) is 4. The van der Waals surface area contributed by atoms with Crippen LogP contribution in [0.25, 0.3) is 11.4 Å². The van der Waals surface area contributed by atoms with Gasteiger partial charge >= 0.3 is 0 Å². The Hall–Kier alpha value is -2.87. The lowest BCUT2D eigenvalue weighted by molar-refractivity contribution is 0.386. The second-order valence-electron chi connectivity index (χ2n) is 5.22. The summed E-state index contributed by atoms with van der Waals surface area (Å²) < 4.78 is 7.13. The number of hydrogen-bond acceptors (Lipinski definition) is 6. The summed E-state index contributed by atoms with van der Waals surface area (Å²) in [6, 6.07) is 10.8. The molecule has 7 nitrogen and oxygen atoms in total. The van der Waals surface area contributed by atoms with Crippen LogP contribution in [-0.2, 0) is 6.42 Å². The van der Waals surface area contributed by atoms with Crippen LogP contribution in [0, 0.1) is 10.8 Å². The molecule has 0 amide bonds. The van der Waals surface area contributed by atoms with Crippen LogP contribution in [-0.4, -0.2) is 32.7 Å². The summed E-state index contributed by atoms with van der Waals surface area (Å²) in [6.07, 6.45) is 3.71. The second kappa shape index (κ2) is 7.35. The van der Waals surface area contributed by atoms with E-state index in [0.29, 0.717) is 18.1 Å². The summed E-state index contributed by atoms with van der Waals surface area (Å²) in [7, 11) is 1.50.